The molecule has 0 aromatic heterocycles. The lowest BCUT2D eigenvalue weighted by atomic mass is 10.1. The van der Waals surface area contributed by atoms with Gasteiger partial charge in [-0.3, -0.25) is 4.79 Å². The third kappa shape index (κ3) is 3.49. The van der Waals surface area contributed by atoms with Gasteiger partial charge in [0.05, 0.1) is 5.03 Å². The lowest BCUT2D eigenvalue weighted by Crippen LogP contribution is -2.07. The second-order valence-corrected chi connectivity index (χ2v) is 5.08. The van der Waals surface area contributed by atoms with Crippen molar-refractivity contribution in [1.29, 1.82) is 0 Å². The molecule has 0 saturated heterocycles. The van der Waals surface area contributed by atoms with E-state index in [1.807, 2.05) is 61.5 Å². The van der Waals surface area contributed by atoms with Crippen molar-refractivity contribution in [2.75, 3.05) is 19.0 Å². The monoisotopic (exact) mass is 285 g/mol. The van der Waals surface area contributed by atoms with E-state index < -0.39 is 0 Å². The molecule has 0 spiro atoms. The van der Waals surface area contributed by atoms with Gasteiger partial charge in [-0.15, -0.1) is 0 Å². The molecular formula is C17H16ClNO. The van der Waals surface area contributed by atoms with Crippen LogP contribution in [0.15, 0.2) is 59.6 Å². The van der Waals surface area contributed by atoms with Crippen LogP contribution in [0, 0.1) is 0 Å². The Morgan fingerprint density at radius 3 is 2.15 bits per heavy atom. The van der Waals surface area contributed by atoms with Gasteiger partial charge in [-0.05, 0) is 23.8 Å². The highest BCUT2D eigenvalue weighted by atomic mass is 35.5. The van der Waals surface area contributed by atoms with Gasteiger partial charge in [0.2, 0.25) is 5.78 Å². The molecule has 0 heterocycles. The zero-order valence-corrected chi connectivity index (χ0v) is 12.3. The molecule has 0 radical (unpaired) electrons. The van der Waals surface area contributed by atoms with Gasteiger partial charge in [0.25, 0.3) is 0 Å². The van der Waals surface area contributed by atoms with E-state index in [9.17, 15) is 4.79 Å². The predicted octanol–water partition coefficient (Wildman–Crippen LogP) is 4.22. The average molecular weight is 286 g/mol. The molecule has 0 unspecified atom stereocenters. The highest BCUT2D eigenvalue weighted by Crippen LogP contribution is 2.18. The molecule has 0 aliphatic heterocycles. The molecule has 3 heteroatoms. The van der Waals surface area contributed by atoms with Crippen molar-refractivity contribution in [3.63, 3.8) is 0 Å². The van der Waals surface area contributed by atoms with E-state index in [2.05, 4.69) is 0 Å². The second kappa shape index (κ2) is 6.40. The molecule has 2 aromatic rings. The van der Waals surface area contributed by atoms with Crippen LogP contribution in [0.1, 0.15) is 15.9 Å². The van der Waals surface area contributed by atoms with E-state index >= 15 is 0 Å². The van der Waals surface area contributed by atoms with Gasteiger partial charge in [-0.1, -0.05) is 54.1 Å². The number of nitrogens with zero attached hydrogens (tertiary/aromatic N) is 1. The van der Waals surface area contributed by atoms with Gasteiger partial charge in [-0.2, -0.15) is 0 Å². The van der Waals surface area contributed by atoms with E-state index in [0.717, 1.165) is 11.3 Å². The number of carbonyl (C=O) groups excluding carboxylic acids is 1. The second-order valence-electron chi connectivity index (χ2n) is 4.67. The maximum Gasteiger partial charge on any atom is 0.204 e. The summed E-state index contributed by atoms with van der Waals surface area (Å²) in [7, 11) is 3.97. The SMILES string of the molecule is CN(C)c1ccc(C=C(Cl)C(=O)c2ccccc2)cc1. The number of hydrogen-bond acceptors (Lipinski definition) is 2. The van der Waals surface area contributed by atoms with Crippen LogP contribution < -0.4 is 4.90 Å². The topological polar surface area (TPSA) is 20.3 Å². The summed E-state index contributed by atoms with van der Waals surface area (Å²) < 4.78 is 0. The number of carbonyl (C=O) groups is 1. The standard InChI is InChI=1S/C17H16ClNO/c1-19(2)15-10-8-13(9-11-15)12-16(18)17(20)14-6-4-3-5-7-14/h3-12H,1-2H3. The van der Waals surface area contributed by atoms with Gasteiger partial charge in [-0.25, -0.2) is 0 Å². The Bertz CT molecular complexity index is 615. The lowest BCUT2D eigenvalue weighted by Gasteiger charge is -2.11. The summed E-state index contributed by atoms with van der Waals surface area (Å²) in [5.74, 6) is -0.163. The number of allylic oxidation sites excluding steroid dienone is 1. The van der Waals surface area contributed by atoms with Crippen LogP contribution in [0.4, 0.5) is 5.69 Å². The molecule has 0 fully saturated rings. The Morgan fingerprint density at radius 2 is 1.60 bits per heavy atom. The Labute approximate surface area is 124 Å². The predicted molar refractivity (Wildman–Crippen MR) is 85.4 cm³/mol. The Morgan fingerprint density at radius 1 is 1.00 bits per heavy atom. The number of ketones is 1. The summed E-state index contributed by atoms with van der Waals surface area (Å²) in [6, 6.07) is 16.9. The summed E-state index contributed by atoms with van der Waals surface area (Å²) in [5, 5.41) is 0.216. The van der Waals surface area contributed by atoms with Crippen LogP contribution in [-0.2, 0) is 0 Å². The number of hydrogen-bond donors (Lipinski definition) is 0. The zero-order valence-electron chi connectivity index (χ0n) is 11.5. The molecule has 0 amide bonds. The maximum atomic E-state index is 12.1. The highest BCUT2D eigenvalue weighted by Gasteiger charge is 2.09. The van der Waals surface area contributed by atoms with Gasteiger partial charge in [0.1, 0.15) is 0 Å². The molecule has 0 saturated carbocycles. The van der Waals surface area contributed by atoms with Crippen LogP contribution in [0.5, 0.6) is 0 Å². The first-order valence-corrected chi connectivity index (χ1v) is 6.70. The van der Waals surface area contributed by atoms with Crippen molar-refractivity contribution >= 4 is 29.1 Å². The van der Waals surface area contributed by atoms with Gasteiger partial charge >= 0.3 is 0 Å². The first-order chi connectivity index (χ1) is 9.58. The smallest absolute Gasteiger partial charge is 0.204 e. The molecule has 0 atom stereocenters. The Kier molecular flexibility index (Phi) is 4.59. The fourth-order valence-corrected chi connectivity index (χ4v) is 2.04. The first-order valence-electron chi connectivity index (χ1n) is 6.32. The summed E-state index contributed by atoms with van der Waals surface area (Å²) in [6.45, 7) is 0. The van der Waals surface area contributed by atoms with E-state index in [1.165, 1.54) is 0 Å². The largest absolute Gasteiger partial charge is 0.378 e. The lowest BCUT2D eigenvalue weighted by molar-refractivity contribution is 0.104. The zero-order chi connectivity index (χ0) is 14.5. The van der Waals surface area contributed by atoms with E-state index in [0.29, 0.717) is 5.56 Å². The van der Waals surface area contributed by atoms with Gasteiger partial charge < -0.3 is 4.90 Å². The normalized spacial score (nSPS) is 11.2. The molecule has 0 aliphatic rings. The van der Waals surface area contributed by atoms with E-state index in [1.54, 1.807) is 18.2 Å². The molecule has 0 aliphatic carbocycles. The van der Waals surface area contributed by atoms with E-state index in [-0.39, 0.29) is 10.8 Å². The van der Waals surface area contributed by atoms with Crippen LogP contribution >= 0.6 is 11.6 Å². The minimum Gasteiger partial charge on any atom is -0.378 e. The first kappa shape index (κ1) is 14.4. The number of halogens is 1. The number of benzene rings is 2. The quantitative estimate of drug-likeness (QED) is 0.619. The fourth-order valence-electron chi connectivity index (χ4n) is 1.81. The molecule has 2 nitrogen and oxygen atoms in total. The van der Waals surface area contributed by atoms with Crippen LogP contribution in [0.25, 0.3) is 6.08 Å². The van der Waals surface area contributed by atoms with Crippen molar-refractivity contribution in [3.8, 4) is 0 Å². The highest BCUT2D eigenvalue weighted by molar-refractivity contribution is 6.47. The molecule has 0 bridgehead atoms. The third-order valence-electron chi connectivity index (χ3n) is 2.96. The van der Waals surface area contributed by atoms with Crippen molar-refractivity contribution < 1.29 is 4.79 Å². The number of rotatable bonds is 4. The minimum absolute atomic E-state index is 0.163. The van der Waals surface area contributed by atoms with Crippen molar-refractivity contribution in [1.82, 2.24) is 0 Å². The molecule has 2 rings (SSSR count). The number of Topliss-reactive ketones (excluding diaryl/α,β-unsaturated/α-hetero) is 1. The van der Waals surface area contributed by atoms with Crippen molar-refractivity contribution in [2.24, 2.45) is 0 Å². The summed E-state index contributed by atoms with van der Waals surface area (Å²) in [5.41, 5.74) is 2.61. The summed E-state index contributed by atoms with van der Waals surface area (Å²) in [6.07, 6.45) is 1.69. The summed E-state index contributed by atoms with van der Waals surface area (Å²) >= 11 is 6.10. The van der Waals surface area contributed by atoms with Crippen molar-refractivity contribution in [3.05, 3.63) is 70.8 Å². The molecular weight excluding hydrogens is 270 g/mol. The molecule has 20 heavy (non-hydrogen) atoms. The number of anilines is 1. The van der Waals surface area contributed by atoms with Crippen molar-refractivity contribution in [2.45, 2.75) is 0 Å². The Balaban J connectivity index is 2.20. The van der Waals surface area contributed by atoms with Crippen LogP contribution in [-0.4, -0.2) is 19.9 Å². The summed E-state index contributed by atoms with van der Waals surface area (Å²) in [4.78, 5) is 14.1. The maximum absolute atomic E-state index is 12.1. The van der Waals surface area contributed by atoms with E-state index in [4.69, 9.17) is 11.6 Å². The molecule has 0 N–H and O–H groups in total. The van der Waals surface area contributed by atoms with Gasteiger partial charge in [0.15, 0.2) is 0 Å². The minimum atomic E-state index is -0.163. The molecule has 2 aromatic carbocycles. The molecule has 102 valence electrons. The third-order valence-corrected chi connectivity index (χ3v) is 3.24. The van der Waals surface area contributed by atoms with Gasteiger partial charge in [0, 0.05) is 25.3 Å². The fraction of sp³-hybridized carbons (Fsp3) is 0.118. The van der Waals surface area contributed by atoms with Crippen LogP contribution in [0.3, 0.4) is 0 Å². The van der Waals surface area contributed by atoms with Crippen LogP contribution in [0.2, 0.25) is 0 Å². The average Bonchev–Trinajstić information content (AvgIpc) is 2.48. The Hall–Kier alpha value is -2.06.